The van der Waals surface area contributed by atoms with Gasteiger partial charge in [0.25, 0.3) is 0 Å². The molecule has 3 heteroatoms. The van der Waals surface area contributed by atoms with E-state index < -0.39 is 0 Å². The molecule has 0 aromatic heterocycles. The molecule has 1 aromatic carbocycles. The molecule has 0 heterocycles. The number of aliphatic hydroxyl groups excluding tert-OH is 1. The zero-order chi connectivity index (χ0) is 8.97. The normalized spacial score (nSPS) is 12.6. The molecule has 1 atom stereocenters. The third-order valence-electron chi connectivity index (χ3n) is 1.48. The average molecular weight is 277 g/mol. The molecule has 0 radical (unpaired) electrons. The summed E-state index contributed by atoms with van der Waals surface area (Å²) in [5.74, 6) is 0. The van der Waals surface area contributed by atoms with Gasteiger partial charge < -0.3 is 10.4 Å². The first kappa shape index (κ1) is 9.80. The van der Waals surface area contributed by atoms with Crippen LogP contribution in [0.2, 0.25) is 0 Å². The fourth-order valence-corrected chi connectivity index (χ4v) is 1.35. The largest absolute Gasteiger partial charge is 0.392 e. The van der Waals surface area contributed by atoms with E-state index in [9.17, 15) is 0 Å². The minimum atomic E-state index is 0.102. The molecule has 0 spiro atoms. The van der Waals surface area contributed by atoms with Gasteiger partial charge in [-0.2, -0.15) is 0 Å². The molecule has 0 bridgehead atoms. The van der Waals surface area contributed by atoms with E-state index in [1.807, 2.05) is 24.3 Å². The number of nitrogens with one attached hydrogen (secondary N) is 1. The molecular weight excluding hydrogens is 265 g/mol. The Labute approximate surface area is 86.1 Å². The molecular formula is C9H12INO. The molecule has 0 aliphatic heterocycles. The maximum atomic E-state index is 8.87. The Morgan fingerprint density at radius 3 is 2.92 bits per heavy atom. The maximum absolute atomic E-state index is 8.87. The highest BCUT2D eigenvalue weighted by molar-refractivity contribution is 14.1. The van der Waals surface area contributed by atoms with Gasteiger partial charge in [-0.05, 0) is 24.6 Å². The second kappa shape index (κ2) is 4.67. The number of hydrogen-bond donors (Lipinski definition) is 2. The first-order valence-electron chi connectivity index (χ1n) is 3.83. The average Bonchev–Trinajstić information content (AvgIpc) is 2.03. The highest BCUT2D eigenvalue weighted by atomic mass is 127. The lowest BCUT2D eigenvalue weighted by Crippen LogP contribution is -2.05. The molecule has 0 saturated heterocycles. The van der Waals surface area contributed by atoms with E-state index in [4.69, 9.17) is 5.11 Å². The Hall–Kier alpha value is -0.290. The van der Waals surface area contributed by atoms with Crippen molar-refractivity contribution in [1.82, 2.24) is 0 Å². The van der Waals surface area contributed by atoms with Crippen LogP contribution in [-0.2, 0) is 6.61 Å². The van der Waals surface area contributed by atoms with Crippen LogP contribution in [0, 0.1) is 0 Å². The zero-order valence-electron chi connectivity index (χ0n) is 6.92. The van der Waals surface area contributed by atoms with Gasteiger partial charge >= 0.3 is 0 Å². The standard InChI is InChI=1S/C9H12INO/c1-7(10)11-9-4-2-3-8(5-9)6-12/h2-5,7,11-12H,6H2,1H3. The summed E-state index contributed by atoms with van der Waals surface area (Å²) in [5, 5.41) is 12.1. The fourth-order valence-electron chi connectivity index (χ4n) is 0.989. The molecule has 0 aliphatic rings. The summed E-state index contributed by atoms with van der Waals surface area (Å²) in [4.78, 5) is 0. The SMILES string of the molecule is CC(I)Nc1cccc(CO)c1. The molecule has 1 rings (SSSR count). The molecule has 1 unspecified atom stereocenters. The van der Waals surface area contributed by atoms with E-state index in [1.165, 1.54) is 0 Å². The molecule has 2 nitrogen and oxygen atoms in total. The minimum Gasteiger partial charge on any atom is -0.392 e. The molecule has 1 aromatic rings. The molecule has 66 valence electrons. The van der Waals surface area contributed by atoms with Crippen molar-refractivity contribution in [3.63, 3.8) is 0 Å². The van der Waals surface area contributed by atoms with Crippen LogP contribution >= 0.6 is 22.6 Å². The number of hydrogen-bond acceptors (Lipinski definition) is 2. The van der Waals surface area contributed by atoms with E-state index in [0.717, 1.165) is 11.3 Å². The topological polar surface area (TPSA) is 32.3 Å². The summed E-state index contributed by atoms with van der Waals surface area (Å²) in [6.07, 6.45) is 0. The fraction of sp³-hybridized carbons (Fsp3) is 0.333. The summed E-state index contributed by atoms with van der Waals surface area (Å²) in [6.45, 7) is 2.18. The Bertz CT molecular complexity index is 250. The van der Waals surface area contributed by atoms with Gasteiger partial charge in [0.15, 0.2) is 0 Å². The van der Waals surface area contributed by atoms with Crippen molar-refractivity contribution in [2.24, 2.45) is 0 Å². The van der Waals surface area contributed by atoms with Crippen LogP contribution in [0.5, 0.6) is 0 Å². The first-order chi connectivity index (χ1) is 5.72. The van der Waals surface area contributed by atoms with Gasteiger partial charge in [-0.1, -0.05) is 34.7 Å². The molecule has 0 saturated carbocycles. The molecule has 0 aliphatic carbocycles. The highest BCUT2D eigenvalue weighted by Gasteiger charge is 1.96. The predicted octanol–water partition coefficient (Wildman–Crippen LogP) is 2.37. The van der Waals surface area contributed by atoms with Crippen molar-refractivity contribution in [3.8, 4) is 0 Å². The number of benzene rings is 1. The summed E-state index contributed by atoms with van der Waals surface area (Å²) in [7, 11) is 0. The van der Waals surface area contributed by atoms with E-state index >= 15 is 0 Å². The van der Waals surface area contributed by atoms with Gasteiger partial charge in [0.2, 0.25) is 0 Å². The van der Waals surface area contributed by atoms with Crippen LogP contribution < -0.4 is 5.32 Å². The third-order valence-corrected chi connectivity index (χ3v) is 1.79. The van der Waals surface area contributed by atoms with Crippen molar-refractivity contribution in [2.75, 3.05) is 5.32 Å². The maximum Gasteiger partial charge on any atom is 0.0752 e. The number of rotatable bonds is 3. The van der Waals surface area contributed by atoms with Gasteiger partial charge in [0, 0.05) is 5.69 Å². The van der Waals surface area contributed by atoms with E-state index in [0.29, 0.717) is 4.05 Å². The van der Waals surface area contributed by atoms with Gasteiger partial charge in [0.05, 0.1) is 10.7 Å². The third kappa shape index (κ3) is 2.98. The monoisotopic (exact) mass is 277 g/mol. The minimum absolute atomic E-state index is 0.102. The van der Waals surface area contributed by atoms with Crippen molar-refractivity contribution in [3.05, 3.63) is 29.8 Å². The van der Waals surface area contributed by atoms with Gasteiger partial charge in [-0.3, -0.25) is 0 Å². The van der Waals surface area contributed by atoms with Gasteiger partial charge in [0.1, 0.15) is 0 Å². The zero-order valence-corrected chi connectivity index (χ0v) is 9.08. The Balaban J connectivity index is 2.72. The van der Waals surface area contributed by atoms with Crippen LogP contribution in [0.4, 0.5) is 5.69 Å². The summed E-state index contributed by atoms with van der Waals surface area (Å²) in [6, 6.07) is 7.79. The Kier molecular flexibility index (Phi) is 3.81. The second-order valence-corrected chi connectivity index (χ2v) is 4.49. The molecule has 2 N–H and O–H groups in total. The molecule has 0 fully saturated rings. The van der Waals surface area contributed by atoms with E-state index in [2.05, 4.69) is 34.8 Å². The van der Waals surface area contributed by atoms with Crippen molar-refractivity contribution in [1.29, 1.82) is 0 Å². The smallest absolute Gasteiger partial charge is 0.0752 e. The Morgan fingerprint density at radius 2 is 2.33 bits per heavy atom. The van der Waals surface area contributed by atoms with Gasteiger partial charge in [-0.25, -0.2) is 0 Å². The summed E-state index contributed by atoms with van der Waals surface area (Å²) < 4.78 is 0.400. The number of anilines is 1. The van der Waals surface area contributed by atoms with E-state index in [-0.39, 0.29) is 6.61 Å². The second-order valence-electron chi connectivity index (χ2n) is 2.62. The van der Waals surface area contributed by atoms with Crippen molar-refractivity contribution < 1.29 is 5.11 Å². The Morgan fingerprint density at radius 1 is 1.58 bits per heavy atom. The van der Waals surface area contributed by atoms with E-state index in [1.54, 1.807) is 0 Å². The van der Waals surface area contributed by atoms with Crippen LogP contribution in [0.25, 0.3) is 0 Å². The lowest BCUT2D eigenvalue weighted by atomic mass is 10.2. The van der Waals surface area contributed by atoms with Gasteiger partial charge in [-0.15, -0.1) is 0 Å². The molecule has 12 heavy (non-hydrogen) atoms. The lowest BCUT2D eigenvalue weighted by Gasteiger charge is -2.08. The molecule has 0 amide bonds. The van der Waals surface area contributed by atoms with Crippen molar-refractivity contribution >= 4 is 28.3 Å². The van der Waals surface area contributed by atoms with Crippen LogP contribution in [0.1, 0.15) is 12.5 Å². The lowest BCUT2D eigenvalue weighted by molar-refractivity contribution is 0.282. The highest BCUT2D eigenvalue weighted by Crippen LogP contribution is 2.13. The summed E-state index contributed by atoms with van der Waals surface area (Å²) in [5.41, 5.74) is 2.00. The number of halogens is 1. The van der Waals surface area contributed by atoms with Crippen molar-refractivity contribution in [2.45, 2.75) is 17.6 Å². The number of aliphatic hydroxyl groups is 1. The number of alkyl halides is 1. The van der Waals surface area contributed by atoms with Crippen LogP contribution in [-0.4, -0.2) is 9.16 Å². The predicted molar refractivity (Wildman–Crippen MR) is 59.5 cm³/mol. The first-order valence-corrected chi connectivity index (χ1v) is 5.07. The quantitative estimate of drug-likeness (QED) is 0.505. The summed E-state index contributed by atoms with van der Waals surface area (Å²) >= 11 is 2.30. The van der Waals surface area contributed by atoms with Crippen LogP contribution in [0.3, 0.4) is 0 Å². The van der Waals surface area contributed by atoms with Crippen LogP contribution in [0.15, 0.2) is 24.3 Å².